The van der Waals surface area contributed by atoms with E-state index in [2.05, 4.69) is 0 Å². The number of Topliss-reactive ketones (excluding diaryl/α,β-unsaturated/α-hetero) is 2. The fraction of sp³-hybridized carbons (Fsp3) is 0.300. The van der Waals surface area contributed by atoms with Crippen LogP contribution < -0.4 is 0 Å². The van der Waals surface area contributed by atoms with E-state index in [0.29, 0.717) is 0 Å². The summed E-state index contributed by atoms with van der Waals surface area (Å²) in [5, 5.41) is 0. The number of ketones is 2. The first kappa shape index (κ1) is 12.3. The third-order valence-corrected chi connectivity index (χ3v) is 6.12. The fourth-order valence-electron chi connectivity index (χ4n) is 5.36. The van der Waals surface area contributed by atoms with Crippen molar-refractivity contribution in [2.75, 3.05) is 0 Å². The largest absolute Gasteiger partial charge is 0.293 e. The molecule has 0 heterocycles. The maximum Gasteiger partial charge on any atom is 0.175 e. The molecule has 5 rings (SSSR count). The molecule has 2 atom stereocenters. The fourth-order valence-corrected chi connectivity index (χ4v) is 5.36. The van der Waals surface area contributed by atoms with Gasteiger partial charge in [0.25, 0.3) is 0 Å². The van der Waals surface area contributed by atoms with Crippen molar-refractivity contribution >= 4 is 11.6 Å². The molecule has 3 aliphatic rings. The van der Waals surface area contributed by atoms with E-state index in [1.165, 1.54) is 0 Å². The number of hydrogen-bond donors (Lipinski definition) is 0. The van der Waals surface area contributed by atoms with Crippen molar-refractivity contribution in [2.45, 2.75) is 36.5 Å². The van der Waals surface area contributed by atoms with Crippen LogP contribution in [0.3, 0.4) is 0 Å². The number of carbonyl (C=O) groups is 2. The van der Waals surface area contributed by atoms with Crippen LogP contribution in [0, 0.1) is 0 Å². The first-order chi connectivity index (χ1) is 10.7. The van der Waals surface area contributed by atoms with E-state index in [0.717, 1.165) is 47.9 Å². The van der Waals surface area contributed by atoms with E-state index in [-0.39, 0.29) is 11.6 Å². The first-order valence-electron chi connectivity index (χ1n) is 8.02. The van der Waals surface area contributed by atoms with Gasteiger partial charge >= 0.3 is 0 Å². The highest BCUT2D eigenvalue weighted by atomic mass is 16.1. The van der Waals surface area contributed by atoms with E-state index in [1.54, 1.807) is 0 Å². The molecule has 3 aliphatic carbocycles. The zero-order valence-electron chi connectivity index (χ0n) is 12.3. The van der Waals surface area contributed by atoms with Gasteiger partial charge in [0.1, 0.15) is 0 Å². The molecule has 108 valence electrons. The van der Waals surface area contributed by atoms with Crippen molar-refractivity contribution in [3.05, 3.63) is 70.8 Å². The van der Waals surface area contributed by atoms with Crippen molar-refractivity contribution in [1.29, 1.82) is 0 Å². The lowest BCUT2D eigenvalue weighted by Gasteiger charge is -2.43. The molecule has 0 spiro atoms. The summed E-state index contributed by atoms with van der Waals surface area (Å²) >= 11 is 0. The summed E-state index contributed by atoms with van der Waals surface area (Å²) in [5.41, 5.74) is 2.21. The lowest BCUT2D eigenvalue weighted by molar-refractivity contribution is 0.0660. The minimum absolute atomic E-state index is 0.168. The maximum absolute atomic E-state index is 13.4. The molecule has 2 aromatic rings. The first-order valence-corrected chi connectivity index (χ1v) is 8.02. The molecule has 2 nitrogen and oxygen atoms in total. The van der Waals surface area contributed by atoms with Gasteiger partial charge in [-0.1, -0.05) is 61.4 Å². The summed E-state index contributed by atoms with van der Waals surface area (Å²) in [7, 11) is 0. The molecule has 22 heavy (non-hydrogen) atoms. The van der Waals surface area contributed by atoms with Gasteiger partial charge in [-0.05, 0) is 24.0 Å². The normalized spacial score (nSPS) is 31.5. The van der Waals surface area contributed by atoms with Crippen molar-refractivity contribution in [3.63, 3.8) is 0 Å². The standard InChI is InChI=1S/C20H16O2/c21-17-13-7-1-3-9-15(13)19-11-5-6-12-20(17,19)16-10-4-2-8-14(16)18(19)22/h1-4,7-10H,5-6,11-12H2/t19-,20-/m1/s1. The summed E-state index contributed by atoms with van der Waals surface area (Å²) in [4.78, 5) is 26.8. The molecular weight excluding hydrogens is 272 g/mol. The van der Waals surface area contributed by atoms with Gasteiger partial charge in [-0.2, -0.15) is 0 Å². The molecule has 0 aromatic heterocycles. The second kappa shape index (κ2) is 3.75. The van der Waals surface area contributed by atoms with Crippen LogP contribution in [0.4, 0.5) is 0 Å². The summed E-state index contributed by atoms with van der Waals surface area (Å²) in [6.07, 6.45) is 3.62. The second-order valence-corrected chi connectivity index (χ2v) is 6.77. The van der Waals surface area contributed by atoms with Gasteiger partial charge in [-0.3, -0.25) is 9.59 Å². The molecule has 1 saturated carbocycles. The highest BCUT2D eigenvalue weighted by Crippen LogP contribution is 2.65. The Bertz CT molecular complexity index is 779. The number of carbonyl (C=O) groups excluding carboxylic acids is 2. The van der Waals surface area contributed by atoms with Crippen LogP contribution in [0.1, 0.15) is 57.5 Å². The van der Waals surface area contributed by atoms with Crippen LogP contribution in [0.2, 0.25) is 0 Å². The van der Waals surface area contributed by atoms with Crippen molar-refractivity contribution < 1.29 is 9.59 Å². The van der Waals surface area contributed by atoms with Gasteiger partial charge in [-0.25, -0.2) is 0 Å². The summed E-state index contributed by atoms with van der Waals surface area (Å²) in [5.74, 6) is 0.335. The smallest absolute Gasteiger partial charge is 0.175 e. The minimum Gasteiger partial charge on any atom is -0.293 e. The third kappa shape index (κ3) is 1.03. The van der Waals surface area contributed by atoms with Crippen LogP contribution >= 0.6 is 0 Å². The predicted octanol–water partition coefficient (Wildman–Crippen LogP) is 3.83. The molecule has 0 amide bonds. The Labute approximate surface area is 129 Å². The predicted molar refractivity (Wildman–Crippen MR) is 83.4 cm³/mol. The van der Waals surface area contributed by atoms with E-state index < -0.39 is 10.8 Å². The minimum atomic E-state index is -0.636. The van der Waals surface area contributed by atoms with E-state index in [1.807, 2.05) is 48.5 Å². The van der Waals surface area contributed by atoms with Crippen LogP contribution in [0.15, 0.2) is 48.5 Å². The number of hydrogen-bond acceptors (Lipinski definition) is 2. The Morgan fingerprint density at radius 2 is 1.05 bits per heavy atom. The zero-order chi connectivity index (χ0) is 14.9. The third-order valence-electron chi connectivity index (χ3n) is 6.12. The monoisotopic (exact) mass is 288 g/mol. The SMILES string of the molecule is O=C1c2ccccc2[C@@]23CCCC[C@@]12c1ccccc1C3=O. The van der Waals surface area contributed by atoms with Gasteiger partial charge in [-0.15, -0.1) is 0 Å². The average molecular weight is 288 g/mol. The highest BCUT2D eigenvalue weighted by Gasteiger charge is 2.71. The Morgan fingerprint density at radius 3 is 1.50 bits per heavy atom. The van der Waals surface area contributed by atoms with Crippen LogP contribution in [-0.4, -0.2) is 11.6 Å². The molecule has 0 bridgehead atoms. The number of fused-ring (bicyclic) bond motifs is 2. The summed E-state index contributed by atoms with van der Waals surface area (Å²) < 4.78 is 0. The van der Waals surface area contributed by atoms with Crippen molar-refractivity contribution in [3.8, 4) is 0 Å². The number of rotatable bonds is 0. The van der Waals surface area contributed by atoms with Gasteiger partial charge < -0.3 is 0 Å². The number of benzene rings is 2. The quantitative estimate of drug-likeness (QED) is 0.738. The highest BCUT2D eigenvalue weighted by molar-refractivity contribution is 6.25. The molecule has 0 N–H and O–H groups in total. The Morgan fingerprint density at radius 1 is 0.636 bits per heavy atom. The van der Waals surface area contributed by atoms with E-state index >= 15 is 0 Å². The molecule has 2 heteroatoms. The Balaban J connectivity index is 1.96. The van der Waals surface area contributed by atoms with Gasteiger partial charge in [0, 0.05) is 11.1 Å². The van der Waals surface area contributed by atoms with E-state index in [4.69, 9.17) is 0 Å². The molecule has 0 saturated heterocycles. The maximum atomic E-state index is 13.4. The second-order valence-electron chi connectivity index (χ2n) is 6.77. The Kier molecular flexibility index (Phi) is 2.10. The zero-order valence-corrected chi connectivity index (χ0v) is 12.3. The Hall–Kier alpha value is -2.22. The summed E-state index contributed by atoms with van der Waals surface area (Å²) in [6.45, 7) is 0. The van der Waals surface area contributed by atoms with Crippen molar-refractivity contribution in [2.24, 2.45) is 0 Å². The van der Waals surface area contributed by atoms with Gasteiger partial charge in [0.05, 0.1) is 10.8 Å². The average Bonchev–Trinajstić information content (AvgIpc) is 2.96. The molecule has 2 aromatic carbocycles. The summed E-state index contributed by atoms with van der Waals surface area (Å²) in [6, 6.07) is 15.6. The van der Waals surface area contributed by atoms with E-state index in [9.17, 15) is 9.59 Å². The van der Waals surface area contributed by atoms with Crippen LogP contribution in [0.25, 0.3) is 0 Å². The van der Waals surface area contributed by atoms with Gasteiger partial charge in [0.15, 0.2) is 11.6 Å². The molecule has 0 radical (unpaired) electrons. The molecular formula is C20H16O2. The lowest BCUT2D eigenvalue weighted by Crippen LogP contribution is -2.51. The molecule has 0 unspecified atom stereocenters. The molecule has 0 aliphatic heterocycles. The molecule has 1 fully saturated rings. The topological polar surface area (TPSA) is 34.1 Å². The van der Waals surface area contributed by atoms with Crippen LogP contribution in [0.5, 0.6) is 0 Å². The van der Waals surface area contributed by atoms with Gasteiger partial charge in [0.2, 0.25) is 0 Å². The lowest BCUT2D eigenvalue weighted by atomic mass is 9.56. The van der Waals surface area contributed by atoms with Crippen LogP contribution in [-0.2, 0) is 10.8 Å². The van der Waals surface area contributed by atoms with Crippen molar-refractivity contribution in [1.82, 2.24) is 0 Å².